The minimum atomic E-state index is 0.126. The van der Waals surface area contributed by atoms with Crippen LogP contribution in [0.4, 0.5) is 0 Å². The normalized spacial score (nSPS) is 14.2. The third-order valence-corrected chi connectivity index (χ3v) is 3.31. The van der Waals surface area contributed by atoms with Crippen LogP contribution >= 0.6 is 0 Å². The molecule has 20 heavy (non-hydrogen) atoms. The van der Waals surface area contributed by atoms with Gasteiger partial charge in [-0.2, -0.15) is 5.48 Å². The predicted molar refractivity (Wildman–Crippen MR) is 86.4 cm³/mol. The Kier molecular flexibility index (Phi) is 8.24. The Balaban J connectivity index is 2.58. The molecule has 0 saturated carbocycles. The third kappa shape index (κ3) is 6.36. The molecular weight excluding hydrogens is 246 g/mol. The summed E-state index contributed by atoms with van der Waals surface area (Å²) in [6.07, 6.45) is 6.25. The van der Waals surface area contributed by atoms with Crippen molar-refractivity contribution in [2.75, 3.05) is 0 Å². The topological polar surface area (TPSA) is 21.3 Å². The molecule has 2 heteroatoms. The second-order valence-electron chi connectivity index (χ2n) is 5.77. The number of rotatable bonds is 10. The van der Waals surface area contributed by atoms with Gasteiger partial charge in [-0.1, -0.05) is 63.6 Å². The Hall–Kier alpha value is -1.12. The van der Waals surface area contributed by atoms with E-state index in [9.17, 15) is 0 Å². The van der Waals surface area contributed by atoms with Gasteiger partial charge in [-0.15, -0.1) is 6.58 Å². The first-order valence-electron chi connectivity index (χ1n) is 7.74. The number of nitrogens with one attached hydrogen (secondary N) is 1. The lowest BCUT2D eigenvalue weighted by molar-refractivity contribution is -0.0525. The molecule has 0 bridgehead atoms. The zero-order valence-corrected chi connectivity index (χ0v) is 13.1. The van der Waals surface area contributed by atoms with E-state index in [-0.39, 0.29) is 6.10 Å². The Labute approximate surface area is 124 Å². The second-order valence-corrected chi connectivity index (χ2v) is 5.77. The molecule has 2 nitrogen and oxygen atoms in total. The van der Waals surface area contributed by atoms with E-state index in [2.05, 4.69) is 57.1 Å². The molecular formula is C18H29NO. The van der Waals surface area contributed by atoms with Crippen LogP contribution in [0.3, 0.4) is 0 Å². The van der Waals surface area contributed by atoms with Crippen molar-refractivity contribution < 1.29 is 4.84 Å². The molecule has 1 aromatic carbocycles. The minimum Gasteiger partial charge on any atom is -0.293 e. The second kappa shape index (κ2) is 9.73. The van der Waals surface area contributed by atoms with Gasteiger partial charge in [0.25, 0.3) is 0 Å². The largest absolute Gasteiger partial charge is 0.293 e. The first-order chi connectivity index (χ1) is 9.67. The summed E-state index contributed by atoms with van der Waals surface area (Å²) in [5.41, 5.74) is 4.50. The molecule has 2 unspecified atom stereocenters. The Morgan fingerprint density at radius 2 is 1.95 bits per heavy atom. The van der Waals surface area contributed by atoms with Crippen molar-refractivity contribution in [1.82, 2.24) is 5.48 Å². The van der Waals surface area contributed by atoms with Gasteiger partial charge in [0.15, 0.2) is 0 Å². The van der Waals surface area contributed by atoms with E-state index >= 15 is 0 Å². The van der Waals surface area contributed by atoms with Gasteiger partial charge >= 0.3 is 0 Å². The molecule has 112 valence electrons. The van der Waals surface area contributed by atoms with Crippen molar-refractivity contribution in [3.8, 4) is 0 Å². The maximum atomic E-state index is 5.99. The van der Waals surface area contributed by atoms with E-state index < -0.39 is 0 Å². The first kappa shape index (κ1) is 16.9. The molecule has 0 aromatic heterocycles. The van der Waals surface area contributed by atoms with Gasteiger partial charge in [0.05, 0.1) is 0 Å². The monoisotopic (exact) mass is 275 g/mol. The van der Waals surface area contributed by atoms with Crippen molar-refractivity contribution >= 4 is 0 Å². The highest BCUT2D eigenvalue weighted by Gasteiger charge is 2.15. The fourth-order valence-corrected chi connectivity index (χ4v) is 2.36. The van der Waals surface area contributed by atoms with Crippen LogP contribution in [0.1, 0.15) is 58.1 Å². The number of hydroxylamine groups is 1. The van der Waals surface area contributed by atoms with E-state index in [1.54, 1.807) is 0 Å². The van der Waals surface area contributed by atoms with Gasteiger partial charge < -0.3 is 0 Å². The third-order valence-electron chi connectivity index (χ3n) is 3.31. The molecule has 0 heterocycles. The average Bonchev–Trinajstić information content (AvgIpc) is 2.44. The number of hydrogen-bond donors (Lipinski definition) is 1. The summed E-state index contributed by atoms with van der Waals surface area (Å²) in [5.74, 6) is 0.650. The van der Waals surface area contributed by atoms with Crippen molar-refractivity contribution in [2.45, 2.75) is 58.6 Å². The minimum absolute atomic E-state index is 0.126. The fourth-order valence-electron chi connectivity index (χ4n) is 2.36. The highest BCUT2D eigenvalue weighted by Crippen LogP contribution is 2.22. The SMILES string of the molecule is C=CCC(CC(C)C)NOC(CCC)c1ccccc1. The van der Waals surface area contributed by atoms with Crippen LogP contribution in [0, 0.1) is 5.92 Å². The van der Waals surface area contributed by atoms with Crippen LogP contribution < -0.4 is 5.48 Å². The summed E-state index contributed by atoms with van der Waals surface area (Å²) in [6.45, 7) is 10.5. The number of benzene rings is 1. The smallest absolute Gasteiger partial charge is 0.104 e. The molecule has 0 amide bonds. The van der Waals surface area contributed by atoms with Crippen LogP contribution in [0.2, 0.25) is 0 Å². The van der Waals surface area contributed by atoms with Crippen LogP contribution in [0.25, 0.3) is 0 Å². The lowest BCUT2D eigenvalue weighted by atomic mass is 10.0. The maximum Gasteiger partial charge on any atom is 0.104 e. The van der Waals surface area contributed by atoms with Gasteiger partial charge in [0, 0.05) is 6.04 Å². The van der Waals surface area contributed by atoms with E-state index in [0.29, 0.717) is 12.0 Å². The zero-order chi connectivity index (χ0) is 14.8. The molecule has 1 rings (SSSR count). The van der Waals surface area contributed by atoms with Crippen molar-refractivity contribution in [1.29, 1.82) is 0 Å². The van der Waals surface area contributed by atoms with Gasteiger partial charge in [0.1, 0.15) is 6.10 Å². The summed E-state index contributed by atoms with van der Waals surface area (Å²) in [4.78, 5) is 5.99. The van der Waals surface area contributed by atoms with Crippen molar-refractivity contribution in [2.24, 2.45) is 5.92 Å². The van der Waals surface area contributed by atoms with E-state index in [4.69, 9.17) is 4.84 Å². The van der Waals surface area contributed by atoms with E-state index in [1.807, 2.05) is 12.1 Å². The number of hydrogen-bond acceptors (Lipinski definition) is 2. The first-order valence-corrected chi connectivity index (χ1v) is 7.74. The summed E-state index contributed by atoms with van der Waals surface area (Å²) in [5, 5.41) is 0. The highest BCUT2D eigenvalue weighted by atomic mass is 16.7. The lowest BCUT2D eigenvalue weighted by Crippen LogP contribution is -2.31. The molecule has 2 atom stereocenters. The molecule has 0 spiro atoms. The fraction of sp³-hybridized carbons (Fsp3) is 0.556. The van der Waals surface area contributed by atoms with Crippen LogP contribution in [0.5, 0.6) is 0 Å². The average molecular weight is 275 g/mol. The summed E-state index contributed by atoms with van der Waals surface area (Å²) in [7, 11) is 0. The quantitative estimate of drug-likeness (QED) is 0.477. The van der Waals surface area contributed by atoms with Crippen LogP contribution in [-0.2, 0) is 4.84 Å². The Bertz CT molecular complexity index is 361. The standard InChI is InChI=1S/C18H29NO/c1-5-10-17(14-15(3)4)19-20-18(11-6-2)16-12-8-7-9-13-16/h5,7-9,12-13,15,17-19H,1,6,10-11,14H2,2-4H3. The summed E-state index contributed by atoms with van der Waals surface area (Å²) in [6, 6.07) is 10.8. The Morgan fingerprint density at radius 3 is 2.50 bits per heavy atom. The molecule has 1 N–H and O–H groups in total. The zero-order valence-electron chi connectivity index (χ0n) is 13.1. The Morgan fingerprint density at radius 1 is 1.25 bits per heavy atom. The molecule has 0 saturated heterocycles. The summed E-state index contributed by atoms with van der Waals surface area (Å²) < 4.78 is 0. The molecule has 1 aromatic rings. The predicted octanol–water partition coefficient (Wildman–Crippen LogP) is 5.04. The van der Waals surface area contributed by atoms with Crippen molar-refractivity contribution in [3.05, 3.63) is 48.6 Å². The highest BCUT2D eigenvalue weighted by molar-refractivity contribution is 5.17. The van der Waals surface area contributed by atoms with Crippen molar-refractivity contribution in [3.63, 3.8) is 0 Å². The maximum absolute atomic E-state index is 5.99. The summed E-state index contributed by atoms with van der Waals surface area (Å²) >= 11 is 0. The van der Waals surface area contributed by atoms with Gasteiger partial charge in [-0.25, -0.2) is 0 Å². The molecule has 0 aliphatic carbocycles. The van der Waals surface area contributed by atoms with E-state index in [0.717, 1.165) is 25.7 Å². The lowest BCUT2D eigenvalue weighted by Gasteiger charge is -2.24. The van der Waals surface area contributed by atoms with Gasteiger partial charge in [-0.05, 0) is 30.7 Å². The van der Waals surface area contributed by atoms with Crippen LogP contribution in [-0.4, -0.2) is 6.04 Å². The van der Waals surface area contributed by atoms with Crippen LogP contribution in [0.15, 0.2) is 43.0 Å². The molecule has 0 aliphatic heterocycles. The van der Waals surface area contributed by atoms with Gasteiger partial charge in [-0.3, -0.25) is 4.84 Å². The van der Waals surface area contributed by atoms with Gasteiger partial charge in [0.2, 0.25) is 0 Å². The molecule has 0 aliphatic rings. The molecule has 0 radical (unpaired) electrons. The van der Waals surface area contributed by atoms with E-state index in [1.165, 1.54) is 5.56 Å². The molecule has 0 fully saturated rings.